The van der Waals surface area contributed by atoms with Gasteiger partial charge in [0, 0.05) is 50.1 Å². The molecule has 1 aliphatic heterocycles. The average molecular weight is 713 g/mol. The molecule has 15 nitrogen and oxygen atoms in total. The van der Waals surface area contributed by atoms with E-state index in [-0.39, 0.29) is 37.5 Å². The zero-order chi connectivity index (χ0) is 35.5. The fourth-order valence-electron chi connectivity index (χ4n) is 6.53. The van der Waals surface area contributed by atoms with Crippen molar-refractivity contribution in [1.29, 1.82) is 10.9 Å². The number of benzene rings is 1. The second-order valence-electron chi connectivity index (χ2n) is 12.9. The van der Waals surface area contributed by atoms with Crippen molar-refractivity contribution in [2.45, 2.75) is 83.3 Å². The molecule has 2 fully saturated rings. The third-order valence-electron chi connectivity index (χ3n) is 8.82. The number of rotatable bonds is 18. The van der Waals surface area contributed by atoms with Gasteiger partial charge in [0.1, 0.15) is 23.9 Å². The predicted molar refractivity (Wildman–Crippen MR) is 190 cm³/mol. The van der Waals surface area contributed by atoms with E-state index in [4.69, 9.17) is 51.7 Å². The van der Waals surface area contributed by atoms with Gasteiger partial charge in [0.05, 0.1) is 55.8 Å². The van der Waals surface area contributed by atoms with Crippen LogP contribution in [0.15, 0.2) is 42.0 Å². The molecule has 4 N–H and O–H groups in total. The first-order chi connectivity index (χ1) is 24.3. The van der Waals surface area contributed by atoms with Crippen molar-refractivity contribution in [2.24, 2.45) is 5.22 Å². The predicted octanol–water partition coefficient (Wildman–Crippen LogP) is 5.73. The van der Waals surface area contributed by atoms with E-state index in [1.807, 2.05) is 29.9 Å². The van der Waals surface area contributed by atoms with Crippen molar-refractivity contribution in [3.63, 3.8) is 0 Å². The molecule has 1 aromatic carbocycles. The molecule has 50 heavy (non-hydrogen) atoms. The van der Waals surface area contributed by atoms with Gasteiger partial charge in [-0.2, -0.15) is 5.53 Å². The molecule has 1 saturated carbocycles. The van der Waals surface area contributed by atoms with E-state index in [1.54, 1.807) is 18.5 Å². The minimum atomic E-state index is -0.376. The van der Waals surface area contributed by atoms with Crippen LogP contribution in [0, 0.1) is 10.9 Å². The summed E-state index contributed by atoms with van der Waals surface area (Å²) >= 11 is 6.41. The lowest BCUT2D eigenvalue weighted by Gasteiger charge is -2.42. The summed E-state index contributed by atoms with van der Waals surface area (Å²) < 4.78 is 25.5. The Hall–Kier alpha value is -3.89. The molecule has 1 saturated heterocycles. The highest BCUT2D eigenvalue weighted by Gasteiger charge is 2.32. The van der Waals surface area contributed by atoms with Gasteiger partial charge in [-0.3, -0.25) is 15.0 Å². The Labute approximate surface area is 298 Å². The first-order valence-corrected chi connectivity index (χ1v) is 17.6. The molecule has 0 spiro atoms. The van der Waals surface area contributed by atoms with Crippen LogP contribution in [-0.4, -0.2) is 112 Å². The third kappa shape index (κ3) is 10.3. The summed E-state index contributed by atoms with van der Waals surface area (Å²) in [5.74, 6) is 1.34. The molecule has 2 aromatic heterocycles. The highest BCUT2D eigenvalue weighted by atomic mass is 35.5. The zero-order valence-corrected chi connectivity index (χ0v) is 29.8. The number of morpholine rings is 1. The molecule has 2 aliphatic rings. The van der Waals surface area contributed by atoms with Crippen LogP contribution in [0.25, 0.3) is 11.1 Å². The Morgan fingerprint density at radius 1 is 1.10 bits per heavy atom. The Morgan fingerprint density at radius 2 is 1.82 bits per heavy atom. The van der Waals surface area contributed by atoms with Crippen LogP contribution in [-0.2, 0) is 9.47 Å². The molecular formula is C34H49ClN10O5. The summed E-state index contributed by atoms with van der Waals surface area (Å²) in [4.78, 5) is 11.8. The topological polar surface area (TPSA) is 179 Å². The zero-order valence-electron chi connectivity index (χ0n) is 29.0. The first kappa shape index (κ1) is 37.4. The summed E-state index contributed by atoms with van der Waals surface area (Å²) in [5, 5.41) is 29.3. The van der Waals surface area contributed by atoms with Crippen LogP contribution < -0.4 is 14.8 Å². The maximum absolute atomic E-state index is 8.97. The van der Waals surface area contributed by atoms with E-state index in [0.29, 0.717) is 60.6 Å². The van der Waals surface area contributed by atoms with Gasteiger partial charge in [-0.05, 0) is 64.2 Å². The molecule has 3 aromatic rings. The van der Waals surface area contributed by atoms with E-state index in [1.165, 1.54) is 0 Å². The molecule has 0 unspecified atom stereocenters. The molecule has 16 heteroatoms. The van der Waals surface area contributed by atoms with Crippen molar-refractivity contribution in [3.8, 4) is 22.8 Å². The lowest BCUT2D eigenvalue weighted by atomic mass is 9.89. The van der Waals surface area contributed by atoms with E-state index in [2.05, 4.69) is 39.3 Å². The Balaban J connectivity index is 1.25. The molecule has 272 valence electrons. The number of nitrogens with zero attached hydrogens (tertiary/aromatic N) is 7. The van der Waals surface area contributed by atoms with Crippen molar-refractivity contribution in [2.75, 3.05) is 51.4 Å². The van der Waals surface area contributed by atoms with Crippen LogP contribution >= 0.6 is 11.6 Å². The number of aromatic nitrogens is 4. The van der Waals surface area contributed by atoms with E-state index in [9.17, 15) is 0 Å². The van der Waals surface area contributed by atoms with Gasteiger partial charge in [0.15, 0.2) is 0 Å². The van der Waals surface area contributed by atoms with Gasteiger partial charge in [-0.15, -0.1) is 5.10 Å². The maximum Gasteiger partial charge on any atom is 0.256 e. The number of hydrogen-bond donors (Lipinski definition) is 4. The molecule has 0 bridgehead atoms. The number of halogens is 1. The Morgan fingerprint density at radius 3 is 2.50 bits per heavy atom. The van der Waals surface area contributed by atoms with Crippen LogP contribution in [0.5, 0.6) is 11.6 Å². The molecule has 5 rings (SSSR count). The van der Waals surface area contributed by atoms with Gasteiger partial charge < -0.3 is 29.4 Å². The number of nitrogens with one attached hydrogen (secondary N) is 3. The number of aliphatic hydroxyl groups excluding tert-OH is 1. The summed E-state index contributed by atoms with van der Waals surface area (Å²) in [5.41, 5.74) is 9.41. The Bertz CT molecular complexity index is 1500. The smallest absolute Gasteiger partial charge is 0.256 e. The first-order valence-electron chi connectivity index (χ1n) is 17.3. The summed E-state index contributed by atoms with van der Waals surface area (Å²) in [6.45, 7) is 9.51. The second kappa shape index (κ2) is 18.4. The van der Waals surface area contributed by atoms with Gasteiger partial charge in [0.2, 0.25) is 5.95 Å². The summed E-state index contributed by atoms with van der Waals surface area (Å²) in [6, 6.07) is 6.24. The van der Waals surface area contributed by atoms with Crippen LogP contribution in [0.1, 0.15) is 58.9 Å². The third-order valence-corrected chi connectivity index (χ3v) is 9.13. The lowest BCUT2D eigenvalue weighted by Crippen LogP contribution is -2.51. The van der Waals surface area contributed by atoms with Crippen molar-refractivity contribution < 1.29 is 24.1 Å². The molecule has 0 radical (unpaired) electrons. The highest BCUT2D eigenvalue weighted by Crippen LogP contribution is 2.36. The van der Waals surface area contributed by atoms with Crippen LogP contribution in [0.4, 0.5) is 11.6 Å². The minimum absolute atomic E-state index is 0.00846. The monoisotopic (exact) mass is 712 g/mol. The summed E-state index contributed by atoms with van der Waals surface area (Å²) in [6.07, 6.45) is 11.5. The minimum Gasteiger partial charge on any atom is -0.487 e. The second-order valence-corrected chi connectivity index (χ2v) is 13.3. The fraction of sp³-hybridized carbons (Fsp3) is 0.588. The van der Waals surface area contributed by atoms with Crippen molar-refractivity contribution in [3.05, 3.63) is 41.8 Å². The van der Waals surface area contributed by atoms with Crippen molar-refractivity contribution >= 4 is 29.6 Å². The maximum atomic E-state index is 8.97. The number of aliphatic hydroxyl groups is 1. The molecule has 0 amide bonds. The summed E-state index contributed by atoms with van der Waals surface area (Å²) in [7, 11) is 0. The van der Waals surface area contributed by atoms with E-state index >= 15 is 0 Å². The number of anilines is 2. The number of hydrogen-bond acceptors (Lipinski definition) is 13. The molecular weight excluding hydrogens is 664 g/mol. The van der Waals surface area contributed by atoms with Crippen LogP contribution in [0.2, 0.25) is 5.02 Å². The van der Waals surface area contributed by atoms with Crippen LogP contribution in [0.3, 0.4) is 0 Å². The van der Waals surface area contributed by atoms with Crippen molar-refractivity contribution in [1.82, 2.24) is 29.7 Å². The molecule has 3 atom stereocenters. The van der Waals surface area contributed by atoms with E-state index in [0.717, 1.165) is 61.2 Å². The fourth-order valence-corrected chi connectivity index (χ4v) is 6.69. The normalized spacial score (nSPS) is 21.7. The standard InChI is InChI=1S/C34H49ClN10O5/c1-23-18-43(19-24(2)49-23)28-6-8-29(9-7-28)45-21-31(33(41-45)48-13-4-12-47-14-11-46)40-34-38-16-27(17-39-34)26-5-10-30(35)32(15-26)50-25(3)20-44(22-36)42-37/h5,10,15-17,21-25,28-29,36-37,46H,4,6-9,11-14,18-20H2,1-3H3,(H,38,39,40)/t23-,24+,25-,28-,29-/m0/s1. The average Bonchev–Trinajstić information content (AvgIpc) is 3.51. The number of ether oxygens (including phenoxy) is 4. The van der Waals surface area contributed by atoms with Gasteiger partial charge in [-0.1, -0.05) is 22.9 Å². The SMILES string of the molecule is C[C@@H]1CN([C@H]2CC[C@H](n3cc(Nc4ncc(-c5ccc(Cl)c(O[C@@H](C)CN(C=N)N=N)c5)cn4)c(OCCCOCCO)n3)CC2)C[C@H](C)O1. The lowest BCUT2D eigenvalue weighted by molar-refractivity contribution is -0.0852. The van der Waals surface area contributed by atoms with Gasteiger partial charge in [-0.25, -0.2) is 15.0 Å². The quantitative estimate of drug-likeness (QED) is 0.0416. The highest BCUT2D eigenvalue weighted by molar-refractivity contribution is 6.32. The van der Waals surface area contributed by atoms with Gasteiger partial charge in [0.25, 0.3) is 5.88 Å². The van der Waals surface area contributed by atoms with E-state index < -0.39 is 0 Å². The molecule has 1 aliphatic carbocycles. The molecule has 3 heterocycles. The largest absolute Gasteiger partial charge is 0.487 e. The van der Waals surface area contributed by atoms with Gasteiger partial charge >= 0.3 is 0 Å². The Kier molecular flexibility index (Phi) is 13.7.